The molecule has 0 aromatic heterocycles. The molecule has 21 heavy (non-hydrogen) atoms. The Morgan fingerprint density at radius 3 is 2.52 bits per heavy atom. The summed E-state index contributed by atoms with van der Waals surface area (Å²) in [6.45, 7) is 0.0941. The van der Waals surface area contributed by atoms with E-state index in [2.05, 4.69) is 0 Å². The maximum Gasteiger partial charge on any atom is 0.217 e. The summed E-state index contributed by atoms with van der Waals surface area (Å²) >= 11 is 0. The van der Waals surface area contributed by atoms with E-state index in [4.69, 9.17) is 15.2 Å². The van der Waals surface area contributed by atoms with E-state index < -0.39 is 16.1 Å². The molecule has 1 rings (SSSR count). The predicted molar refractivity (Wildman–Crippen MR) is 80.6 cm³/mol. The number of hydrogen-bond acceptors (Lipinski definition) is 6. The Balaban J connectivity index is 2.43. The molecule has 0 saturated heterocycles. The van der Waals surface area contributed by atoms with E-state index in [1.54, 1.807) is 24.3 Å². The lowest BCUT2D eigenvalue weighted by atomic mass is 10.3. The lowest BCUT2D eigenvalue weighted by Crippen LogP contribution is -2.38. The number of hydrogen-bond donors (Lipinski definition) is 2. The van der Waals surface area contributed by atoms with E-state index in [-0.39, 0.29) is 25.5 Å². The number of rotatable bonds is 9. The fraction of sp³-hybridized carbons (Fsp3) is 0.538. The van der Waals surface area contributed by atoms with Gasteiger partial charge in [-0.05, 0) is 24.3 Å². The third-order valence-electron chi connectivity index (χ3n) is 2.79. The van der Waals surface area contributed by atoms with Crippen LogP contribution in [0.5, 0.6) is 5.75 Å². The molecule has 0 saturated carbocycles. The molecule has 1 unspecified atom stereocenters. The van der Waals surface area contributed by atoms with Gasteiger partial charge in [0.25, 0.3) is 0 Å². The van der Waals surface area contributed by atoms with E-state index >= 15 is 0 Å². The number of anilines is 1. The Labute approximate surface area is 125 Å². The van der Waals surface area contributed by atoms with Crippen LogP contribution in [0.3, 0.4) is 0 Å². The molecule has 0 spiro atoms. The van der Waals surface area contributed by atoms with Crippen molar-refractivity contribution in [1.29, 1.82) is 0 Å². The molecule has 120 valence electrons. The molecule has 1 atom stereocenters. The van der Waals surface area contributed by atoms with E-state index in [1.165, 1.54) is 14.2 Å². The third kappa shape index (κ3) is 6.30. The van der Waals surface area contributed by atoms with Crippen molar-refractivity contribution in [3.8, 4) is 5.75 Å². The van der Waals surface area contributed by atoms with Crippen LogP contribution in [0.15, 0.2) is 24.3 Å². The molecule has 0 fully saturated rings. The van der Waals surface area contributed by atoms with E-state index in [9.17, 15) is 13.5 Å². The summed E-state index contributed by atoms with van der Waals surface area (Å²) in [7, 11) is -0.627. The maximum absolute atomic E-state index is 12.0. The second-order valence-corrected chi connectivity index (χ2v) is 6.82. The summed E-state index contributed by atoms with van der Waals surface area (Å²) in [4.78, 5) is 0. The van der Waals surface area contributed by atoms with Crippen molar-refractivity contribution in [2.45, 2.75) is 6.10 Å². The molecule has 1 aromatic rings. The Hall–Kier alpha value is -1.35. The number of methoxy groups -OCH3 is 1. The van der Waals surface area contributed by atoms with Gasteiger partial charge >= 0.3 is 0 Å². The SMILES string of the molecule is COCC(O)CN(C)S(=O)(=O)CCOc1ccc(N)cc1. The minimum atomic E-state index is -3.48. The van der Waals surface area contributed by atoms with Crippen LogP contribution in [-0.2, 0) is 14.8 Å². The van der Waals surface area contributed by atoms with Crippen molar-refractivity contribution < 1.29 is 23.0 Å². The van der Waals surface area contributed by atoms with Crippen molar-refractivity contribution in [2.24, 2.45) is 0 Å². The monoisotopic (exact) mass is 318 g/mol. The first-order valence-corrected chi connectivity index (χ1v) is 8.05. The molecule has 7 nitrogen and oxygen atoms in total. The number of sulfonamides is 1. The van der Waals surface area contributed by atoms with Crippen LogP contribution in [0.25, 0.3) is 0 Å². The first-order chi connectivity index (χ1) is 9.85. The van der Waals surface area contributed by atoms with Gasteiger partial charge in [0.1, 0.15) is 12.4 Å². The summed E-state index contributed by atoms with van der Waals surface area (Å²) in [5.41, 5.74) is 6.16. The average molecular weight is 318 g/mol. The van der Waals surface area contributed by atoms with Gasteiger partial charge < -0.3 is 20.3 Å². The minimum absolute atomic E-state index is 0.0158. The van der Waals surface area contributed by atoms with Crippen LogP contribution in [-0.4, -0.2) is 63.6 Å². The normalized spacial score (nSPS) is 13.3. The lowest BCUT2D eigenvalue weighted by molar-refractivity contribution is 0.0554. The molecule has 1 aromatic carbocycles. The fourth-order valence-corrected chi connectivity index (χ4v) is 2.64. The van der Waals surface area contributed by atoms with Gasteiger partial charge in [-0.1, -0.05) is 0 Å². The van der Waals surface area contributed by atoms with Gasteiger partial charge in [0.05, 0.1) is 18.5 Å². The highest BCUT2D eigenvalue weighted by molar-refractivity contribution is 7.89. The van der Waals surface area contributed by atoms with Crippen LogP contribution in [0.2, 0.25) is 0 Å². The standard InChI is InChI=1S/C13H22N2O5S/c1-15(9-12(16)10-19-2)21(17,18)8-7-20-13-5-3-11(14)4-6-13/h3-6,12,16H,7-10,14H2,1-2H3. The first-order valence-electron chi connectivity index (χ1n) is 6.44. The number of likely N-dealkylation sites (N-methyl/N-ethyl adjacent to an activating group) is 1. The van der Waals surface area contributed by atoms with E-state index in [0.29, 0.717) is 11.4 Å². The maximum atomic E-state index is 12.0. The highest BCUT2D eigenvalue weighted by atomic mass is 32.2. The number of benzene rings is 1. The van der Waals surface area contributed by atoms with Crippen LogP contribution in [0, 0.1) is 0 Å². The molecule has 0 radical (unpaired) electrons. The molecule has 0 amide bonds. The number of aliphatic hydroxyl groups is 1. The average Bonchev–Trinajstić information content (AvgIpc) is 2.41. The number of nitrogens with zero attached hydrogens (tertiary/aromatic N) is 1. The summed E-state index contributed by atoms with van der Waals surface area (Å²) in [5.74, 6) is 0.384. The predicted octanol–water partition coefficient (Wildman–Crippen LogP) is -0.0835. The van der Waals surface area contributed by atoms with Gasteiger partial charge in [0.2, 0.25) is 10.0 Å². The highest BCUT2D eigenvalue weighted by Crippen LogP contribution is 2.13. The lowest BCUT2D eigenvalue weighted by Gasteiger charge is -2.20. The Morgan fingerprint density at radius 1 is 1.33 bits per heavy atom. The van der Waals surface area contributed by atoms with Gasteiger partial charge in [-0.25, -0.2) is 12.7 Å². The minimum Gasteiger partial charge on any atom is -0.492 e. The van der Waals surface area contributed by atoms with Gasteiger partial charge in [-0.15, -0.1) is 0 Å². The molecule has 0 aliphatic rings. The zero-order valence-electron chi connectivity index (χ0n) is 12.2. The molecule has 0 heterocycles. The molecule has 0 aliphatic carbocycles. The van der Waals surface area contributed by atoms with Gasteiger partial charge in [-0.3, -0.25) is 0 Å². The Bertz CT molecular complexity index is 518. The smallest absolute Gasteiger partial charge is 0.217 e. The van der Waals surface area contributed by atoms with Gasteiger partial charge in [0.15, 0.2) is 0 Å². The topological polar surface area (TPSA) is 102 Å². The largest absolute Gasteiger partial charge is 0.492 e. The van der Waals surface area contributed by atoms with Crippen molar-refractivity contribution in [3.05, 3.63) is 24.3 Å². The Morgan fingerprint density at radius 2 is 1.95 bits per heavy atom. The van der Waals surface area contributed by atoms with Crippen molar-refractivity contribution in [3.63, 3.8) is 0 Å². The molecule has 3 N–H and O–H groups in total. The van der Waals surface area contributed by atoms with Gasteiger partial charge in [-0.2, -0.15) is 0 Å². The summed E-state index contributed by atoms with van der Waals surface area (Å²) in [6, 6.07) is 6.70. The molecular weight excluding hydrogens is 296 g/mol. The number of ether oxygens (including phenoxy) is 2. The van der Waals surface area contributed by atoms with Crippen molar-refractivity contribution >= 4 is 15.7 Å². The zero-order valence-corrected chi connectivity index (χ0v) is 13.0. The Kier molecular flexibility index (Phi) is 6.90. The number of nitrogens with two attached hydrogens (primary N) is 1. The van der Waals surface area contributed by atoms with Crippen LogP contribution >= 0.6 is 0 Å². The third-order valence-corrected chi connectivity index (χ3v) is 4.57. The molecule has 8 heteroatoms. The number of aliphatic hydroxyl groups excluding tert-OH is 1. The van der Waals surface area contributed by atoms with E-state index in [0.717, 1.165) is 4.31 Å². The first kappa shape index (κ1) is 17.7. The molecule has 0 aliphatic heterocycles. The van der Waals surface area contributed by atoms with Crippen LogP contribution < -0.4 is 10.5 Å². The van der Waals surface area contributed by atoms with E-state index in [1.807, 2.05) is 0 Å². The summed E-state index contributed by atoms with van der Waals surface area (Å²) < 4.78 is 35.2. The zero-order chi connectivity index (χ0) is 15.9. The summed E-state index contributed by atoms with van der Waals surface area (Å²) in [5, 5.41) is 9.54. The fourth-order valence-electron chi connectivity index (χ4n) is 1.64. The van der Waals surface area contributed by atoms with Crippen LogP contribution in [0.4, 0.5) is 5.69 Å². The quantitative estimate of drug-likeness (QED) is 0.617. The highest BCUT2D eigenvalue weighted by Gasteiger charge is 2.20. The second kappa shape index (κ2) is 8.18. The number of nitrogen functional groups attached to an aromatic ring is 1. The van der Waals surface area contributed by atoms with Crippen LogP contribution in [0.1, 0.15) is 0 Å². The summed E-state index contributed by atoms with van der Waals surface area (Å²) in [6.07, 6.45) is -0.854. The van der Waals surface area contributed by atoms with Crippen molar-refractivity contribution in [2.75, 3.05) is 45.4 Å². The molecular formula is C13H22N2O5S. The second-order valence-electron chi connectivity index (χ2n) is 4.62. The van der Waals surface area contributed by atoms with Gasteiger partial charge in [0, 0.05) is 26.4 Å². The molecule has 0 bridgehead atoms. The van der Waals surface area contributed by atoms with Crippen molar-refractivity contribution in [1.82, 2.24) is 4.31 Å².